The number of aryl methyl sites for hydroxylation is 1. The molecule has 5 nitrogen and oxygen atoms in total. The first-order valence-corrected chi connectivity index (χ1v) is 9.81. The van der Waals surface area contributed by atoms with Crippen LogP contribution in [0.4, 0.5) is 5.69 Å². The van der Waals surface area contributed by atoms with Gasteiger partial charge < -0.3 is 10.2 Å². The second-order valence-electron chi connectivity index (χ2n) is 6.94. The minimum absolute atomic E-state index is 0.168. The molecule has 28 heavy (non-hydrogen) atoms. The third-order valence-electron chi connectivity index (χ3n) is 5.25. The van der Waals surface area contributed by atoms with Crippen LogP contribution in [0.1, 0.15) is 26.4 Å². The lowest BCUT2D eigenvalue weighted by atomic mass is 9.75. The van der Waals surface area contributed by atoms with E-state index in [1.165, 1.54) is 11.3 Å². The van der Waals surface area contributed by atoms with Crippen LogP contribution in [0.25, 0.3) is 0 Å². The zero-order valence-corrected chi connectivity index (χ0v) is 15.8. The van der Waals surface area contributed by atoms with Crippen LogP contribution in [0.15, 0.2) is 71.2 Å². The first-order valence-electron chi connectivity index (χ1n) is 8.93. The Kier molecular flexibility index (Phi) is 3.70. The highest BCUT2D eigenvalue weighted by molar-refractivity contribution is 7.12. The molecule has 0 aliphatic carbocycles. The van der Waals surface area contributed by atoms with Gasteiger partial charge in [-0.3, -0.25) is 9.59 Å². The summed E-state index contributed by atoms with van der Waals surface area (Å²) >= 11 is 1.35. The molecule has 1 aromatic heterocycles. The van der Waals surface area contributed by atoms with Crippen LogP contribution < -0.4 is 5.32 Å². The van der Waals surface area contributed by atoms with Gasteiger partial charge in [0.15, 0.2) is 5.78 Å². The second-order valence-corrected chi connectivity index (χ2v) is 7.89. The summed E-state index contributed by atoms with van der Waals surface area (Å²) in [6.07, 6.45) is 0. The van der Waals surface area contributed by atoms with Gasteiger partial charge in [0.1, 0.15) is 11.6 Å². The highest BCUT2D eigenvalue weighted by Crippen LogP contribution is 2.49. The summed E-state index contributed by atoms with van der Waals surface area (Å²) < 4.78 is 0. The molecule has 138 valence electrons. The minimum atomic E-state index is -1.49. The van der Waals surface area contributed by atoms with Crippen LogP contribution in [0.2, 0.25) is 0 Å². The highest BCUT2D eigenvalue weighted by atomic mass is 32.1. The molecule has 1 amide bonds. The molecule has 0 fully saturated rings. The lowest BCUT2D eigenvalue weighted by Gasteiger charge is -2.26. The molecule has 2 aliphatic heterocycles. The van der Waals surface area contributed by atoms with E-state index in [0.29, 0.717) is 21.8 Å². The predicted octanol–water partition coefficient (Wildman–Crippen LogP) is 4.14. The number of nitrogens with zero attached hydrogens (tertiary/aromatic N) is 1. The van der Waals surface area contributed by atoms with E-state index < -0.39 is 11.5 Å². The fraction of sp³-hybridized carbons (Fsp3) is 0.136. The Morgan fingerprint density at radius 3 is 2.64 bits per heavy atom. The number of anilines is 1. The summed E-state index contributed by atoms with van der Waals surface area (Å²) in [4.78, 5) is 33.1. The molecule has 0 saturated carbocycles. The highest BCUT2D eigenvalue weighted by Gasteiger charge is 2.63. The molecule has 3 aromatic rings. The van der Waals surface area contributed by atoms with Crippen molar-refractivity contribution in [3.8, 4) is 0 Å². The number of hydrogen-bond donors (Lipinski definition) is 1. The lowest BCUT2D eigenvalue weighted by Crippen LogP contribution is -2.46. The number of amides is 1. The maximum Gasteiger partial charge on any atom is 0.277 e. The fourth-order valence-corrected chi connectivity index (χ4v) is 4.56. The molecule has 1 spiro atoms. The van der Waals surface area contributed by atoms with Gasteiger partial charge in [-0.05, 0) is 24.4 Å². The Labute approximate surface area is 165 Å². The van der Waals surface area contributed by atoms with Gasteiger partial charge in [-0.1, -0.05) is 59.3 Å². The molecule has 0 radical (unpaired) electrons. The molecule has 1 N–H and O–H groups in total. The number of ketones is 1. The maximum absolute atomic E-state index is 13.5. The predicted molar refractivity (Wildman–Crippen MR) is 108 cm³/mol. The summed E-state index contributed by atoms with van der Waals surface area (Å²) in [6, 6.07) is 18.6. The van der Waals surface area contributed by atoms with Crippen molar-refractivity contribution in [2.24, 2.45) is 11.1 Å². The largest absolute Gasteiger partial charge is 0.373 e. The number of para-hydroxylation sites is 1. The SMILES string of the molecule is Cc1ccc(C2=NO[C@]3(C(=O)Nc4ccccc43)[C@H]2C(=O)c2cccs2)cc1. The van der Waals surface area contributed by atoms with Gasteiger partial charge in [-0.15, -0.1) is 11.3 Å². The molecule has 3 heterocycles. The van der Waals surface area contributed by atoms with E-state index in [4.69, 9.17) is 4.84 Å². The number of benzene rings is 2. The Hall–Kier alpha value is -3.25. The zero-order valence-electron chi connectivity index (χ0n) is 15.0. The quantitative estimate of drug-likeness (QED) is 0.686. The van der Waals surface area contributed by atoms with Crippen molar-refractivity contribution in [1.29, 1.82) is 0 Å². The van der Waals surface area contributed by atoms with Gasteiger partial charge in [0.05, 0.1) is 4.88 Å². The van der Waals surface area contributed by atoms with Crippen molar-refractivity contribution in [2.45, 2.75) is 12.5 Å². The molecule has 2 aliphatic rings. The summed E-state index contributed by atoms with van der Waals surface area (Å²) in [5.41, 5.74) is 2.15. The fourth-order valence-electron chi connectivity index (χ4n) is 3.86. The van der Waals surface area contributed by atoms with Crippen LogP contribution in [0, 0.1) is 12.8 Å². The average molecular weight is 388 g/mol. The summed E-state index contributed by atoms with van der Waals surface area (Å²) in [6.45, 7) is 1.99. The van der Waals surface area contributed by atoms with Gasteiger partial charge in [0.2, 0.25) is 0 Å². The number of Topliss-reactive ketones (excluding diaryl/α,β-unsaturated/α-hetero) is 1. The monoisotopic (exact) mass is 388 g/mol. The number of nitrogens with one attached hydrogen (secondary N) is 1. The van der Waals surface area contributed by atoms with Crippen LogP contribution in [-0.4, -0.2) is 17.4 Å². The van der Waals surface area contributed by atoms with E-state index in [-0.39, 0.29) is 11.7 Å². The first kappa shape index (κ1) is 16.9. The lowest BCUT2D eigenvalue weighted by molar-refractivity contribution is -0.140. The maximum atomic E-state index is 13.5. The van der Waals surface area contributed by atoms with Crippen molar-refractivity contribution >= 4 is 34.4 Å². The Balaban J connectivity index is 1.70. The number of carbonyl (C=O) groups is 2. The third kappa shape index (κ3) is 2.28. The summed E-state index contributed by atoms with van der Waals surface area (Å²) in [5.74, 6) is -1.40. The van der Waals surface area contributed by atoms with Crippen LogP contribution in [0.5, 0.6) is 0 Å². The Morgan fingerprint density at radius 2 is 1.89 bits per heavy atom. The van der Waals surface area contributed by atoms with Gasteiger partial charge in [-0.25, -0.2) is 0 Å². The van der Waals surface area contributed by atoms with Gasteiger partial charge >= 0.3 is 0 Å². The minimum Gasteiger partial charge on any atom is -0.373 e. The molecular formula is C22H16N2O3S. The van der Waals surface area contributed by atoms with E-state index in [9.17, 15) is 9.59 Å². The summed E-state index contributed by atoms with van der Waals surface area (Å²) in [7, 11) is 0. The standard InChI is InChI=1S/C22H16N2O3S/c1-13-8-10-14(11-9-13)19-18(20(25)17-7-4-12-28-17)22(27-24-19)15-5-2-3-6-16(15)23-21(22)26/h2-12,18H,1H3,(H,23,26)/t18-,22+/m1/s1. The molecule has 2 aromatic carbocycles. The molecule has 5 rings (SSSR count). The van der Waals surface area contributed by atoms with Crippen LogP contribution >= 0.6 is 11.3 Å². The molecule has 0 unspecified atom stereocenters. The number of fused-ring (bicyclic) bond motifs is 2. The third-order valence-corrected chi connectivity index (χ3v) is 6.14. The topological polar surface area (TPSA) is 67.8 Å². The van der Waals surface area contributed by atoms with Crippen LogP contribution in [0.3, 0.4) is 0 Å². The zero-order chi connectivity index (χ0) is 19.3. The van der Waals surface area contributed by atoms with Crippen molar-refractivity contribution in [3.63, 3.8) is 0 Å². The number of hydrogen-bond acceptors (Lipinski definition) is 5. The Morgan fingerprint density at radius 1 is 1.11 bits per heavy atom. The number of carbonyl (C=O) groups excluding carboxylic acids is 2. The van der Waals surface area contributed by atoms with E-state index in [0.717, 1.165) is 11.1 Å². The number of oxime groups is 1. The molecular weight excluding hydrogens is 372 g/mol. The van der Waals surface area contributed by atoms with Gasteiger partial charge in [0, 0.05) is 16.8 Å². The smallest absolute Gasteiger partial charge is 0.277 e. The van der Waals surface area contributed by atoms with E-state index in [1.807, 2.05) is 66.9 Å². The van der Waals surface area contributed by atoms with E-state index >= 15 is 0 Å². The van der Waals surface area contributed by atoms with Crippen molar-refractivity contribution in [1.82, 2.24) is 0 Å². The Bertz CT molecular complexity index is 1120. The van der Waals surface area contributed by atoms with Crippen molar-refractivity contribution in [3.05, 3.63) is 87.6 Å². The van der Waals surface area contributed by atoms with E-state index in [1.54, 1.807) is 6.07 Å². The average Bonchev–Trinajstić information content (AvgIpc) is 3.42. The number of rotatable bonds is 3. The molecule has 0 saturated heterocycles. The second kappa shape index (κ2) is 6.14. The molecule has 0 bridgehead atoms. The van der Waals surface area contributed by atoms with Crippen molar-refractivity contribution in [2.75, 3.05) is 5.32 Å². The normalized spacial score (nSPS) is 22.5. The van der Waals surface area contributed by atoms with E-state index in [2.05, 4.69) is 10.5 Å². The molecule has 6 heteroatoms. The van der Waals surface area contributed by atoms with Gasteiger partial charge in [0.25, 0.3) is 11.5 Å². The van der Waals surface area contributed by atoms with Crippen molar-refractivity contribution < 1.29 is 14.4 Å². The number of thiophene rings is 1. The first-order chi connectivity index (χ1) is 13.6. The van der Waals surface area contributed by atoms with Crippen LogP contribution in [-0.2, 0) is 15.2 Å². The summed E-state index contributed by atoms with van der Waals surface area (Å²) in [5, 5.41) is 8.98. The van der Waals surface area contributed by atoms with Gasteiger partial charge in [-0.2, -0.15) is 0 Å². The molecule has 2 atom stereocenters.